The van der Waals surface area contributed by atoms with Crippen molar-refractivity contribution < 1.29 is 24.9 Å². The van der Waals surface area contributed by atoms with E-state index in [2.05, 4.69) is 0 Å². The predicted octanol–water partition coefficient (Wildman–Crippen LogP) is 1.02. The van der Waals surface area contributed by atoms with Gasteiger partial charge < -0.3 is 15.3 Å². The van der Waals surface area contributed by atoms with E-state index in [1.54, 1.807) is 6.07 Å². The molecule has 18 heavy (non-hydrogen) atoms. The highest BCUT2D eigenvalue weighted by molar-refractivity contribution is 6.32. The van der Waals surface area contributed by atoms with Gasteiger partial charge in [0.1, 0.15) is 5.75 Å². The average molecular weight is 274 g/mol. The highest BCUT2D eigenvalue weighted by Crippen LogP contribution is 2.24. The number of halogens is 1. The molecule has 0 bridgehead atoms. The Morgan fingerprint density at radius 2 is 1.72 bits per heavy atom. The molecule has 0 heterocycles. The first-order chi connectivity index (χ1) is 8.38. The Hall–Kier alpha value is -1.79. The molecule has 6 nitrogen and oxygen atoms in total. The van der Waals surface area contributed by atoms with E-state index in [1.165, 1.54) is 17.0 Å². The number of nitrogens with zero attached hydrogens (tertiary/aromatic N) is 1. The van der Waals surface area contributed by atoms with E-state index in [-0.39, 0.29) is 30.4 Å². The lowest BCUT2D eigenvalue weighted by Gasteiger charge is -2.18. The summed E-state index contributed by atoms with van der Waals surface area (Å²) in [4.78, 5) is 22.4. The zero-order valence-corrected chi connectivity index (χ0v) is 10.1. The maximum absolute atomic E-state index is 10.6. The number of carboxylic acids is 2. The predicted molar refractivity (Wildman–Crippen MR) is 63.7 cm³/mol. The van der Waals surface area contributed by atoms with Crippen molar-refractivity contribution in [2.75, 3.05) is 13.1 Å². The Morgan fingerprint density at radius 3 is 2.17 bits per heavy atom. The fourth-order valence-corrected chi connectivity index (χ4v) is 1.66. The van der Waals surface area contributed by atoms with Crippen LogP contribution in [-0.4, -0.2) is 45.2 Å². The summed E-state index contributed by atoms with van der Waals surface area (Å²) in [6.45, 7) is -0.645. The molecule has 98 valence electrons. The molecular weight excluding hydrogens is 262 g/mol. The summed E-state index contributed by atoms with van der Waals surface area (Å²) in [5, 5.41) is 26.7. The van der Waals surface area contributed by atoms with Gasteiger partial charge in [0.15, 0.2) is 0 Å². The maximum atomic E-state index is 10.6. The van der Waals surface area contributed by atoms with Crippen molar-refractivity contribution in [2.24, 2.45) is 0 Å². The molecule has 0 aliphatic rings. The normalized spacial score (nSPS) is 10.6. The number of hydrogen-bond donors (Lipinski definition) is 3. The highest BCUT2D eigenvalue weighted by Gasteiger charge is 2.14. The van der Waals surface area contributed by atoms with Gasteiger partial charge >= 0.3 is 11.9 Å². The molecule has 0 aliphatic carbocycles. The zero-order valence-electron chi connectivity index (χ0n) is 9.34. The van der Waals surface area contributed by atoms with E-state index in [0.29, 0.717) is 5.56 Å². The van der Waals surface area contributed by atoms with Crippen molar-refractivity contribution in [2.45, 2.75) is 6.54 Å². The number of rotatable bonds is 6. The molecular formula is C11H12ClNO5. The molecule has 1 aromatic carbocycles. The molecule has 1 rings (SSSR count). The van der Waals surface area contributed by atoms with E-state index < -0.39 is 11.9 Å². The fraction of sp³-hybridized carbons (Fsp3) is 0.273. The van der Waals surface area contributed by atoms with Gasteiger partial charge in [-0.05, 0) is 17.7 Å². The minimum atomic E-state index is -1.11. The zero-order chi connectivity index (χ0) is 13.7. The van der Waals surface area contributed by atoms with E-state index >= 15 is 0 Å². The standard InChI is InChI=1S/C11H12ClNO5/c12-8-3-7(1-2-9(8)14)4-13(5-10(15)16)6-11(17)18/h1-3,14H,4-6H2,(H,15,16)(H,17,18). The van der Waals surface area contributed by atoms with Crippen molar-refractivity contribution in [3.8, 4) is 5.75 Å². The number of benzene rings is 1. The molecule has 0 aliphatic heterocycles. The van der Waals surface area contributed by atoms with Gasteiger partial charge in [0.05, 0.1) is 18.1 Å². The summed E-state index contributed by atoms with van der Waals surface area (Å²) in [5.41, 5.74) is 0.625. The molecule has 0 radical (unpaired) electrons. The smallest absolute Gasteiger partial charge is 0.317 e. The van der Waals surface area contributed by atoms with Crippen LogP contribution in [0.15, 0.2) is 18.2 Å². The van der Waals surface area contributed by atoms with Crippen LogP contribution in [0.3, 0.4) is 0 Å². The fourth-order valence-electron chi connectivity index (χ4n) is 1.46. The third-order valence-electron chi connectivity index (χ3n) is 2.14. The molecule has 0 saturated heterocycles. The number of phenolic OH excluding ortho intramolecular Hbond substituents is 1. The largest absolute Gasteiger partial charge is 0.506 e. The molecule has 0 unspecified atom stereocenters. The molecule has 1 aromatic rings. The van der Waals surface area contributed by atoms with E-state index in [4.69, 9.17) is 21.8 Å². The van der Waals surface area contributed by atoms with E-state index in [0.717, 1.165) is 0 Å². The quantitative estimate of drug-likeness (QED) is 0.716. The minimum Gasteiger partial charge on any atom is -0.506 e. The molecule has 0 atom stereocenters. The van der Waals surface area contributed by atoms with Crippen molar-refractivity contribution in [3.05, 3.63) is 28.8 Å². The molecule has 0 spiro atoms. The molecule has 0 amide bonds. The highest BCUT2D eigenvalue weighted by atomic mass is 35.5. The monoisotopic (exact) mass is 273 g/mol. The average Bonchev–Trinajstić information content (AvgIpc) is 2.21. The Kier molecular flexibility index (Phi) is 4.94. The molecule has 0 aromatic heterocycles. The lowest BCUT2D eigenvalue weighted by atomic mass is 10.2. The van der Waals surface area contributed by atoms with Gasteiger partial charge in [-0.2, -0.15) is 0 Å². The topological polar surface area (TPSA) is 98.1 Å². The van der Waals surface area contributed by atoms with Gasteiger partial charge in [0.25, 0.3) is 0 Å². The van der Waals surface area contributed by atoms with Gasteiger partial charge in [-0.3, -0.25) is 14.5 Å². The van der Waals surface area contributed by atoms with E-state index in [9.17, 15) is 14.7 Å². The second-order valence-electron chi connectivity index (χ2n) is 3.72. The van der Waals surface area contributed by atoms with Crippen LogP contribution in [0, 0.1) is 0 Å². The summed E-state index contributed by atoms with van der Waals surface area (Å²) in [6.07, 6.45) is 0. The Morgan fingerprint density at radius 1 is 1.17 bits per heavy atom. The second-order valence-corrected chi connectivity index (χ2v) is 4.13. The number of hydrogen-bond acceptors (Lipinski definition) is 4. The van der Waals surface area contributed by atoms with Gasteiger partial charge in [-0.15, -0.1) is 0 Å². The van der Waals surface area contributed by atoms with Crippen molar-refractivity contribution in [3.63, 3.8) is 0 Å². The number of aliphatic carboxylic acids is 2. The van der Waals surface area contributed by atoms with Crippen LogP contribution >= 0.6 is 11.6 Å². The lowest BCUT2D eigenvalue weighted by Crippen LogP contribution is -2.33. The summed E-state index contributed by atoms with van der Waals surface area (Å²) < 4.78 is 0. The van der Waals surface area contributed by atoms with Gasteiger partial charge in [-0.1, -0.05) is 17.7 Å². The van der Waals surface area contributed by atoms with Crippen LogP contribution in [-0.2, 0) is 16.1 Å². The van der Waals surface area contributed by atoms with Crippen molar-refractivity contribution in [1.82, 2.24) is 4.90 Å². The number of carboxylic acid groups (broad SMARTS) is 2. The SMILES string of the molecule is O=C(O)CN(CC(=O)O)Cc1ccc(O)c(Cl)c1. The van der Waals surface area contributed by atoms with Crippen LogP contribution in [0.1, 0.15) is 5.56 Å². The molecule has 0 fully saturated rings. The molecule has 7 heteroatoms. The third-order valence-corrected chi connectivity index (χ3v) is 2.44. The number of aromatic hydroxyl groups is 1. The van der Waals surface area contributed by atoms with Crippen LogP contribution in [0.2, 0.25) is 5.02 Å². The van der Waals surface area contributed by atoms with Crippen LogP contribution in [0.4, 0.5) is 0 Å². The van der Waals surface area contributed by atoms with Gasteiger partial charge in [0, 0.05) is 6.54 Å². The summed E-state index contributed by atoms with van der Waals surface area (Å²) in [6, 6.07) is 4.39. The summed E-state index contributed by atoms with van der Waals surface area (Å²) in [5.74, 6) is -2.30. The maximum Gasteiger partial charge on any atom is 0.317 e. The first-order valence-electron chi connectivity index (χ1n) is 5.02. The first-order valence-corrected chi connectivity index (χ1v) is 5.39. The Balaban J connectivity index is 2.77. The van der Waals surface area contributed by atoms with Crippen LogP contribution in [0.5, 0.6) is 5.75 Å². The lowest BCUT2D eigenvalue weighted by molar-refractivity contribution is -0.142. The number of carbonyl (C=O) groups is 2. The Bertz CT molecular complexity index is 447. The van der Waals surface area contributed by atoms with Gasteiger partial charge in [-0.25, -0.2) is 0 Å². The van der Waals surface area contributed by atoms with Crippen molar-refractivity contribution in [1.29, 1.82) is 0 Å². The second kappa shape index (κ2) is 6.23. The number of phenols is 1. The minimum absolute atomic E-state index is 0.0802. The summed E-state index contributed by atoms with van der Waals surface area (Å²) in [7, 11) is 0. The van der Waals surface area contributed by atoms with Crippen LogP contribution in [0.25, 0.3) is 0 Å². The van der Waals surface area contributed by atoms with Crippen LogP contribution < -0.4 is 0 Å². The van der Waals surface area contributed by atoms with Gasteiger partial charge in [0.2, 0.25) is 0 Å². The molecule has 0 saturated carbocycles. The van der Waals surface area contributed by atoms with E-state index in [1.807, 2.05) is 0 Å². The third kappa shape index (κ3) is 4.60. The first kappa shape index (κ1) is 14.3. The van der Waals surface area contributed by atoms with Crippen molar-refractivity contribution >= 4 is 23.5 Å². The molecule has 3 N–H and O–H groups in total. The summed E-state index contributed by atoms with van der Waals surface area (Å²) >= 11 is 5.71. The Labute approximate surface area is 108 Å².